The van der Waals surface area contributed by atoms with Gasteiger partial charge in [0.1, 0.15) is 0 Å². The van der Waals surface area contributed by atoms with E-state index in [0.717, 1.165) is 21.4 Å². The topological polar surface area (TPSA) is 57.5 Å². The number of aromatic nitrogens is 1. The second-order valence-corrected chi connectivity index (χ2v) is 5.19. The van der Waals surface area contributed by atoms with Crippen molar-refractivity contribution in [1.29, 1.82) is 0 Å². The van der Waals surface area contributed by atoms with Crippen molar-refractivity contribution in [3.8, 4) is 0 Å². The third kappa shape index (κ3) is 2.80. The van der Waals surface area contributed by atoms with Crippen LogP contribution < -0.4 is 5.32 Å². The lowest BCUT2D eigenvalue weighted by Gasteiger charge is -2.01. The SMILES string of the molecule is C/C(=N\O)c1sc(Nc2ccc(Cl)cc2)nc1C. The number of halogens is 1. The minimum Gasteiger partial charge on any atom is -0.411 e. The number of aryl methyl sites for hydroxylation is 1. The lowest BCUT2D eigenvalue weighted by Crippen LogP contribution is -1.92. The summed E-state index contributed by atoms with van der Waals surface area (Å²) in [7, 11) is 0. The summed E-state index contributed by atoms with van der Waals surface area (Å²) in [6.07, 6.45) is 0. The molecule has 0 spiro atoms. The predicted octanol–water partition coefficient (Wildman–Crippen LogP) is 4.05. The minimum absolute atomic E-state index is 0.564. The monoisotopic (exact) mass is 281 g/mol. The van der Waals surface area contributed by atoms with Crippen LogP contribution >= 0.6 is 22.9 Å². The Balaban J connectivity index is 2.23. The Morgan fingerprint density at radius 3 is 2.67 bits per heavy atom. The van der Waals surface area contributed by atoms with E-state index >= 15 is 0 Å². The van der Waals surface area contributed by atoms with E-state index in [-0.39, 0.29) is 0 Å². The van der Waals surface area contributed by atoms with Crippen LogP contribution in [0.5, 0.6) is 0 Å². The summed E-state index contributed by atoms with van der Waals surface area (Å²) in [5.41, 5.74) is 2.32. The number of nitrogens with zero attached hydrogens (tertiary/aromatic N) is 2. The fourth-order valence-electron chi connectivity index (χ4n) is 1.49. The van der Waals surface area contributed by atoms with Crippen LogP contribution in [0.15, 0.2) is 29.4 Å². The van der Waals surface area contributed by atoms with Gasteiger partial charge < -0.3 is 10.5 Å². The van der Waals surface area contributed by atoms with E-state index in [2.05, 4.69) is 15.5 Å². The molecular formula is C12H12ClN3OS. The zero-order chi connectivity index (χ0) is 13.1. The summed E-state index contributed by atoms with van der Waals surface area (Å²) in [5.74, 6) is 0. The number of benzene rings is 1. The Bertz CT molecular complexity index is 578. The molecule has 0 amide bonds. The quantitative estimate of drug-likeness (QED) is 0.507. The lowest BCUT2D eigenvalue weighted by molar-refractivity contribution is 0.319. The molecule has 6 heteroatoms. The largest absolute Gasteiger partial charge is 0.411 e. The predicted molar refractivity (Wildman–Crippen MR) is 75.6 cm³/mol. The van der Waals surface area contributed by atoms with Crippen molar-refractivity contribution in [3.05, 3.63) is 39.9 Å². The van der Waals surface area contributed by atoms with E-state index in [4.69, 9.17) is 16.8 Å². The smallest absolute Gasteiger partial charge is 0.188 e. The van der Waals surface area contributed by atoms with E-state index in [1.54, 1.807) is 6.92 Å². The first-order valence-corrected chi connectivity index (χ1v) is 6.48. The fourth-order valence-corrected chi connectivity index (χ4v) is 2.54. The van der Waals surface area contributed by atoms with E-state index in [1.165, 1.54) is 11.3 Å². The summed E-state index contributed by atoms with van der Waals surface area (Å²) < 4.78 is 0. The first-order valence-electron chi connectivity index (χ1n) is 5.29. The van der Waals surface area contributed by atoms with Gasteiger partial charge in [-0.3, -0.25) is 0 Å². The molecule has 0 aliphatic carbocycles. The molecule has 1 aromatic heterocycles. The van der Waals surface area contributed by atoms with Crippen molar-refractivity contribution in [2.24, 2.45) is 5.16 Å². The number of anilines is 2. The van der Waals surface area contributed by atoms with Crippen molar-refractivity contribution in [2.45, 2.75) is 13.8 Å². The van der Waals surface area contributed by atoms with Crippen LogP contribution in [0.4, 0.5) is 10.8 Å². The fraction of sp³-hybridized carbons (Fsp3) is 0.167. The molecule has 0 saturated carbocycles. The molecule has 2 rings (SSSR count). The number of thiazole rings is 1. The molecule has 1 heterocycles. The van der Waals surface area contributed by atoms with Crippen LogP contribution in [0.2, 0.25) is 5.02 Å². The number of oxime groups is 1. The lowest BCUT2D eigenvalue weighted by atomic mass is 10.3. The standard InChI is InChI=1S/C12H12ClN3OS/c1-7-11(8(2)16-17)18-12(14-7)15-10-5-3-9(13)4-6-10/h3-6,17H,1-2H3,(H,14,15)/b16-8+. The average Bonchev–Trinajstić information content (AvgIpc) is 2.72. The van der Waals surface area contributed by atoms with Crippen molar-refractivity contribution in [3.63, 3.8) is 0 Å². The zero-order valence-electron chi connectivity index (χ0n) is 9.94. The maximum absolute atomic E-state index is 8.77. The van der Waals surface area contributed by atoms with Gasteiger partial charge in [0.2, 0.25) is 0 Å². The first kappa shape index (κ1) is 12.9. The summed E-state index contributed by atoms with van der Waals surface area (Å²) in [6, 6.07) is 7.38. The third-order valence-corrected chi connectivity index (χ3v) is 3.80. The summed E-state index contributed by atoms with van der Waals surface area (Å²) >= 11 is 7.27. The van der Waals surface area contributed by atoms with Crippen LogP contribution in [0.1, 0.15) is 17.5 Å². The Hall–Kier alpha value is -1.59. The summed E-state index contributed by atoms with van der Waals surface area (Å²) in [5, 5.41) is 16.6. The van der Waals surface area contributed by atoms with E-state index in [9.17, 15) is 0 Å². The summed E-state index contributed by atoms with van der Waals surface area (Å²) in [6.45, 7) is 3.63. The van der Waals surface area contributed by atoms with Crippen LogP contribution in [-0.2, 0) is 0 Å². The number of hydrogen-bond acceptors (Lipinski definition) is 5. The molecule has 0 radical (unpaired) electrons. The van der Waals surface area contributed by atoms with Gasteiger partial charge in [-0.2, -0.15) is 0 Å². The van der Waals surface area contributed by atoms with Gasteiger partial charge in [0.15, 0.2) is 5.13 Å². The highest BCUT2D eigenvalue weighted by molar-refractivity contribution is 7.17. The third-order valence-electron chi connectivity index (χ3n) is 2.37. The van der Waals surface area contributed by atoms with Gasteiger partial charge in [-0.05, 0) is 38.1 Å². The minimum atomic E-state index is 0.564. The first-order chi connectivity index (χ1) is 8.60. The molecule has 4 nitrogen and oxygen atoms in total. The van der Waals surface area contributed by atoms with Crippen LogP contribution in [0.3, 0.4) is 0 Å². The van der Waals surface area contributed by atoms with Gasteiger partial charge in [-0.1, -0.05) is 28.1 Å². The van der Waals surface area contributed by atoms with Gasteiger partial charge in [0, 0.05) is 10.7 Å². The molecule has 0 aliphatic heterocycles. The molecule has 0 aliphatic rings. The second kappa shape index (κ2) is 5.37. The Kier molecular flexibility index (Phi) is 3.84. The number of nitrogens with one attached hydrogen (secondary N) is 1. The Morgan fingerprint density at radius 1 is 1.39 bits per heavy atom. The molecule has 2 N–H and O–H groups in total. The van der Waals surface area contributed by atoms with Gasteiger partial charge in [-0.25, -0.2) is 4.98 Å². The van der Waals surface area contributed by atoms with Crippen LogP contribution in [0.25, 0.3) is 0 Å². The molecule has 94 valence electrons. The van der Waals surface area contributed by atoms with Crippen molar-refractivity contribution in [2.75, 3.05) is 5.32 Å². The molecule has 0 unspecified atom stereocenters. The van der Waals surface area contributed by atoms with E-state index in [1.807, 2.05) is 31.2 Å². The van der Waals surface area contributed by atoms with Crippen molar-refractivity contribution < 1.29 is 5.21 Å². The molecule has 0 fully saturated rings. The molecule has 0 bridgehead atoms. The maximum Gasteiger partial charge on any atom is 0.188 e. The maximum atomic E-state index is 8.77. The van der Waals surface area contributed by atoms with Gasteiger partial charge >= 0.3 is 0 Å². The Morgan fingerprint density at radius 2 is 2.06 bits per heavy atom. The second-order valence-electron chi connectivity index (χ2n) is 3.75. The van der Waals surface area contributed by atoms with E-state index < -0.39 is 0 Å². The van der Waals surface area contributed by atoms with E-state index in [0.29, 0.717) is 10.7 Å². The molecule has 0 saturated heterocycles. The van der Waals surface area contributed by atoms with Crippen LogP contribution in [-0.4, -0.2) is 15.9 Å². The van der Waals surface area contributed by atoms with Crippen molar-refractivity contribution in [1.82, 2.24) is 4.98 Å². The number of hydrogen-bond donors (Lipinski definition) is 2. The molecule has 0 atom stereocenters. The van der Waals surface area contributed by atoms with Gasteiger partial charge in [-0.15, -0.1) is 0 Å². The number of rotatable bonds is 3. The Labute approximate surface area is 114 Å². The zero-order valence-corrected chi connectivity index (χ0v) is 11.5. The molecule has 2 aromatic rings. The molecule has 18 heavy (non-hydrogen) atoms. The van der Waals surface area contributed by atoms with Gasteiger partial charge in [0.05, 0.1) is 16.3 Å². The average molecular weight is 282 g/mol. The van der Waals surface area contributed by atoms with Crippen LogP contribution in [0, 0.1) is 6.92 Å². The van der Waals surface area contributed by atoms with Crippen molar-refractivity contribution >= 4 is 39.5 Å². The molecular weight excluding hydrogens is 270 g/mol. The normalized spacial score (nSPS) is 11.6. The molecule has 1 aromatic carbocycles. The van der Waals surface area contributed by atoms with Gasteiger partial charge in [0.25, 0.3) is 0 Å². The summed E-state index contributed by atoms with van der Waals surface area (Å²) in [4.78, 5) is 5.25. The highest BCUT2D eigenvalue weighted by atomic mass is 35.5. The highest BCUT2D eigenvalue weighted by Gasteiger charge is 2.10. The highest BCUT2D eigenvalue weighted by Crippen LogP contribution is 2.26.